The first-order chi connectivity index (χ1) is 11.7. The largest absolute Gasteiger partial charge is 0.339 e. The second kappa shape index (κ2) is 7.86. The van der Waals surface area contributed by atoms with Gasteiger partial charge in [-0.15, -0.1) is 0 Å². The lowest BCUT2D eigenvalue weighted by molar-refractivity contribution is -0.141. The molecule has 0 spiro atoms. The summed E-state index contributed by atoms with van der Waals surface area (Å²) in [5.41, 5.74) is 5.82. The Balaban J connectivity index is 1.93. The van der Waals surface area contributed by atoms with Crippen LogP contribution in [0.2, 0.25) is 0 Å². The summed E-state index contributed by atoms with van der Waals surface area (Å²) in [5.74, 6) is -3.53. The lowest BCUT2D eigenvalue weighted by Gasteiger charge is -2.39. The van der Waals surface area contributed by atoms with Crippen molar-refractivity contribution >= 4 is 11.8 Å². The SMILES string of the molecule is CC(=O)N1CCN(C(=O)C[C@H](N)Cc2cc(F)c(F)cc2F)C[C@@H]1C. The molecule has 0 aromatic heterocycles. The fourth-order valence-corrected chi connectivity index (χ4v) is 3.08. The Labute approximate surface area is 144 Å². The van der Waals surface area contributed by atoms with Crippen LogP contribution in [-0.2, 0) is 16.0 Å². The third-order valence-electron chi connectivity index (χ3n) is 4.39. The van der Waals surface area contributed by atoms with Gasteiger partial charge < -0.3 is 15.5 Å². The van der Waals surface area contributed by atoms with Crippen molar-refractivity contribution in [3.8, 4) is 0 Å². The minimum absolute atomic E-state index is 0.0365. The Bertz CT molecular complexity index is 669. The van der Waals surface area contributed by atoms with Crippen LogP contribution in [0.3, 0.4) is 0 Å². The van der Waals surface area contributed by atoms with Crippen molar-refractivity contribution in [3.05, 3.63) is 35.1 Å². The summed E-state index contributed by atoms with van der Waals surface area (Å²) >= 11 is 0. The third kappa shape index (κ3) is 4.72. The third-order valence-corrected chi connectivity index (χ3v) is 4.39. The van der Waals surface area contributed by atoms with E-state index in [9.17, 15) is 22.8 Å². The number of piperazine rings is 1. The molecule has 1 aromatic carbocycles. The molecule has 5 nitrogen and oxygen atoms in total. The lowest BCUT2D eigenvalue weighted by atomic mass is 10.0. The summed E-state index contributed by atoms with van der Waals surface area (Å²) in [7, 11) is 0. The molecule has 0 aliphatic carbocycles. The number of carbonyl (C=O) groups is 2. The zero-order chi connectivity index (χ0) is 18.7. The fourth-order valence-electron chi connectivity index (χ4n) is 3.08. The summed E-state index contributed by atoms with van der Waals surface area (Å²) < 4.78 is 39.8. The van der Waals surface area contributed by atoms with Gasteiger partial charge in [-0.3, -0.25) is 9.59 Å². The van der Waals surface area contributed by atoms with E-state index in [0.717, 1.165) is 6.07 Å². The standard InChI is InChI=1S/C17H22F3N3O2/c1-10-9-22(3-4-23(10)11(2)24)17(25)7-13(21)5-12-6-15(19)16(20)8-14(12)18/h6,8,10,13H,3-5,7,9,21H2,1-2H3/t10-,13+/m0/s1. The number of hydrogen-bond acceptors (Lipinski definition) is 3. The van der Waals surface area contributed by atoms with Crippen molar-refractivity contribution in [2.45, 2.75) is 38.8 Å². The second-order valence-corrected chi connectivity index (χ2v) is 6.43. The minimum Gasteiger partial charge on any atom is -0.339 e. The number of nitrogens with two attached hydrogens (primary N) is 1. The molecule has 1 aliphatic rings. The van der Waals surface area contributed by atoms with Crippen molar-refractivity contribution < 1.29 is 22.8 Å². The molecule has 0 unspecified atom stereocenters. The minimum atomic E-state index is -1.26. The van der Waals surface area contributed by atoms with Gasteiger partial charge in [-0.1, -0.05) is 0 Å². The van der Waals surface area contributed by atoms with Crippen molar-refractivity contribution in [2.24, 2.45) is 5.73 Å². The van der Waals surface area contributed by atoms with E-state index in [4.69, 9.17) is 5.73 Å². The monoisotopic (exact) mass is 357 g/mol. The molecule has 2 rings (SSSR count). The quantitative estimate of drug-likeness (QED) is 0.830. The normalized spacial score (nSPS) is 19.0. The smallest absolute Gasteiger partial charge is 0.224 e. The van der Waals surface area contributed by atoms with Crippen LogP contribution in [0.4, 0.5) is 13.2 Å². The van der Waals surface area contributed by atoms with Crippen LogP contribution in [0.15, 0.2) is 12.1 Å². The summed E-state index contributed by atoms with van der Waals surface area (Å²) in [6, 6.07) is 0.438. The highest BCUT2D eigenvalue weighted by Crippen LogP contribution is 2.17. The van der Waals surface area contributed by atoms with Gasteiger partial charge in [0.25, 0.3) is 0 Å². The molecular formula is C17H22F3N3O2. The zero-order valence-electron chi connectivity index (χ0n) is 14.3. The van der Waals surface area contributed by atoms with Gasteiger partial charge in [-0.25, -0.2) is 13.2 Å². The maximum atomic E-state index is 13.7. The van der Waals surface area contributed by atoms with Crippen LogP contribution in [0.1, 0.15) is 25.8 Å². The highest BCUT2D eigenvalue weighted by atomic mass is 19.2. The number of halogens is 3. The summed E-state index contributed by atoms with van der Waals surface area (Å²) in [5, 5.41) is 0. The van der Waals surface area contributed by atoms with Crippen LogP contribution in [0.5, 0.6) is 0 Å². The van der Waals surface area contributed by atoms with E-state index in [0.29, 0.717) is 25.7 Å². The predicted molar refractivity (Wildman–Crippen MR) is 86.0 cm³/mol. The highest BCUT2D eigenvalue weighted by molar-refractivity contribution is 5.78. The Hall–Kier alpha value is -2.09. The zero-order valence-corrected chi connectivity index (χ0v) is 14.3. The fraction of sp³-hybridized carbons (Fsp3) is 0.529. The van der Waals surface area contributed by atoms with Gasteiger partial charge in [0.1, 0.15) is 5.82 Å². The number of benzene rings is 1. The molecule has 0 bridgehead atoms. The summed E-state index contributed by atoms with van der Waals surface area (Å²) in [4.78, 5) is 27.1. The molecule has 1 aromatic rings. The molecule has 2 atom stereocenters. The summed E-state index contributed by atoms with van der Waals surface area (Å²) in [6.07, 6.45) is -0.108. The number of hydrogen-bond donors (Lipinski definition) is 1. The maximum absolute atomic E-state index is 13.7. The van der Waals surface area contributed by atoms with Gasteiger partial charge in [0.2, 0.25) is 11.8 Å². The van der Waals surface area contributed by atoms with E-state index >= 15 is 0 Å². The Morgan fingerprint density at radius 1 is 1.20 bits per heavy atom. The molecule has 1 saturated heterocycles. The van der Waals surface area contributed by atoms with E-state index < -0.39 is 23.5 Å². The van der Waals surface area contributed by atoms with Crippen LogP contribution >= 0.6 is 0 Å². The van der Waals surface area contributed by atoms with Crippen LogP contribution in [0.25, 0.3) is 0 Å². The average Bonchev–Trinajstić information content (AvgIpc) is 2.52. The molecule has 138 valence electrons. The molecule has 1 aliphatic heterocycles. The van der Waals surface area contributed by atoms with Gasteiger partial charge in [0.05, 0.1) is 0 Å². The number of rotatable bonds is 4. The van der Waals surface area contributed by atoms with Crippen molar-refractivity contribution in [3.63, 3.8) is 0 Å². The van der Waals surface area contributed by atoms with E-state index in [-0.39, 0.29) is 36.3 Å². The van der Waals surface area contributed by atoms with Crippen LogP contribution in [0, 0.1) is 17.5 Å². The molecule has 8 heteroatoms. The van der Waals surface area contributed by atoms with Gasteiger partial charge in [-0.2, -0.15) is 0 Å². The molecule has 2 amide bonds. The maximum Gasteiger partial charge on any atom is 0.224 e. The first-order valence-corrected chi connectivity index (χ1v) is 8.13. The van der Waals surface area contributed by atoms with Crippen molar-refractivity contribution in [1.29, 1.82) is 0 Å². The number of carbonyl (C=O) groups excluding carboxylic acids is 2. The second-order valence-electron chi connectivity index (χ2n) is 6.43. The highest BCUT2D eigenvalue weighted by Gasteiger charge is 2.28. The van der Waals surface area contributed by atoms with E-state index in [1.165, 1.54) is 6.92 Å². The Morgan fingerprint density at radius 2 is 1.84 bits per heavy atom. The Morgan fingerprint density at radius 3 is 2.44 bits per heavy atom. The molecule has 1 heterocycles. The van der Waals surface area contributed by atoms with E-state index in [1.54, 1.807) is 9.80 Å². The molecule has 1 fully saturated rings. The van der Waals surface area contributed by atoms with Gasteiger partial charge >= 0.3 is 0 Å². The number of amides is 2. The molecule has 25 heavy (non-hydrogen) atoms. The average molecular weight is 357 g/mol. The molecule has 0 radical (unpaired) electrons. The van der Waals surface area contributed by atoms with Gasteiger partial charge in [0, 0.05) is 51.1 Å². The lowest BCUT2D eigenvalue weighted by Crippen LogP contribution is -2.55. The van der Waals surface area contributed by atoms with Gasteiger partial charge in [-0.05, 0) is 25.0 Å². The molecule has 0 saturated carbocycles. The summed E-state index contributed by atoms with van der Waals surface area (Å²) in [6.45, 7) is 4.62. The molecular weight excluding hydrogens is 335 g/mol. The topological polar surface area (TPSA) is 66.6 Å². The molecule has 2 N–H and O–H groups in total. The first-order valence-electron chi connectivity index (χ1n) is 8.13. The van der Waals surface area contributed by atoms with Crippen molar-refractivity contribution in [2.75, 3.05) is 19.6 Å². The van der Waals surface area contributed by atoms with E-state index in [1.807, 2.05) is 6.92 Å². The van der Waals surface area contributed by atoms with Crippen LogP contribution in [-0.4, -0.2) is 53.3 Å². The van der Waals surface area contributed by atoms with Crippen LogP contribution < -0.4 is 5.73 Å². The first kappa shape index (κ1) is 19.2. The Kier molecular flexibility index (Phi) is 6.05. The van der Waals surface area contributed by atoms with Gasteiger partial charge in [0.15, 0.2) is 11.6 Å². The van der Waals surface area contributed by atoms with Crippen molar-refractivity contribution in [1.82, 2.24) is 9.80 Å². The van der Waals surface area contributed by atoms with E-state index in [2.05, 4.69) is 0 Å². The predicted octanol–water partition coefficient (Wildman–Crippen LogP) is 1.44. The number of nitrogens with zero attached hydrogens (tertiary/aromatic N) is 2.